The molecule has 0 aliphatic heterocycles. The van der Waals surface area contributed by atoms with Gasteiger partial charge in [-0.05, 0) is 42.8 Å². The summed E-state index contributed by atoms with van der Waals surface area (Å²) in [6.07, 6.45) is -0.749. The number of hydrogen-bond acceptors (Lipinski definition) is 2. The van der Waals surface area contributed by atoms with Gasteiger partial charge in [0.1, 0.15) is 11.9 Å². The van der Waals surface area contributed by atoms with E-state index in [0.29, 0.717) is 17.2 Å². The van der Waals surface area contributed by atoms with E-state index in [9.17, 15) is 5.11 Å². The molecule has 0 amide bonds. The molecule has 1 N–H and O–H groups in total. The van der Waals surface area contributed by atoms with Crippen molar-refractivity contribution < 1.29 is 9.84 Å². The van der Waals surface area contributed by atoms with Crippen molar-refractivity contribution in [1.29, 1.82) is 0 Å². The van der Waals surface area contributed by atoms with E-state index < -0.39 is 6.10 Å². The fourth-order valence-electron chi connectivity index (χ4n) is 1.82. The average Bonchev–Trinajstić information content (AvgIpc) is 2.42. The summed E-state index contributed by atoms with van der Waals surface area (Å²) in [5.41, 5.74) is 1.46. The van der Waals surface area contributed by atoms with Crippen molar-refractivity contribution in [1.82, 2.24) is 0 Å². The van der Waals surface area contributed by atoms with Gasteiger partial charge in [0.15, 0.2) is 0 Å². The lowest BCUT2D eigenvalue weighted by atomic mass is 10.0. The highest BCUT2D eigenvalue weighted by molar-refractivity contribution is 9.10. The van der Waals surface area contributed by atoms with Gasteiger partial charge in [0.05, 0.1) is 6.61 Å². The molecule has 19 heavy (non-hydrogen) atoms. The van der Waals surface area contributed by atoms with E-state index >= 15 is 0 Å². The van der Waals surface area contributed by atoms with Crippen LogP contribution in [0.5, 0.6) is 5.75 Å². The molecule has 100 valence electrons. The Hall–Kier alpha value is -1.03. The Labute approximate surface area is 126 Å². The number of rotatable bonds is 4. The maximum absolute atomic E-state index is 10.4. The zero-order valence-electron chi connectivity index (χ0n) is 10.4. The van der Waals surface area contributed by atoms with Gasteiger partial charge in [0.2, 0.25) is 0 Å². The number of aliphatic hydroxyl groups excluding tert-OH is 1. The zero-order valence-corrected chi connectivity index (χ0v) is 12.8. The standard InChI is InChI=1S/C15H14BrClO2/c1-2-19-12-6-3-10(4-7-12)15(18)13-9-11(16)5-8-14(13)17/h3-9,15,18H,2H2,1H3/t15-/m0/s1. The Bertz CT molecular complexity index is 555. The normalized spacial score (nSPS) is 12.2. The minimum absolute atomic E-state index is 0.546. The fraction of sp³-hybridized carbons (Fsp3) is 0.200. The summed E-state index contributed by atoms with van der Waals surface area (Å²) in [4.78, 5) is 0. The van der Waals surface area contributed by atoms with Gasteiger partial charge < -0.3 is 9.84 Å². The molecule has 2 aromatic carbocycles. The summed E-state index contributed by atoms with van der Waals surface area (Å²) in [5, 5.41) is 10.9. The summed E-state index contributed by atoms with van der Waals surface area (Å²) in [6, 6.07) is 12.8. The summed E-state index contributed by atoms with van der Waals surface area (Å²) >= 11 is 9.50. The topological polar surface area (TPSA) is 29.5 Å². The van der Waals surface area contributed by atoms with Crippen molar-refractivity contribution in [2.45, 2.75) is 13.0 Å². The van der Waals surface area contributed by atoms with Crippen LogP contribution in [0.15, 0.2) is 46.9 Å². The van der Waals surface area contributed by atoms with Crippen molar-refractivity contribution in [2.75, 3.05) is 6.61 Å². The van der Waals surface area contributed by atoms with Crippen LogP contribution in [0.2, 0.25) is 5.02 Å². The molecule has 0 fully saturated rings. The summed E-state index contributed by atoms with van der Waals surface area (Å²) in [7, 11) is 0. The average molecular weight is 342 g/mol. The molecule has 0 spiro atoms. The van der Waals surface area contributed by atoms with Crippen LogP contribution in [0.25, 0.3) is 0 Å². The van der Waals surface area contributed by atoms with Crippen LogP contribution >= 0.6 is 27.5 Å². The monoisotopic (exact) mass is 340 g/mol. The summed E-state index contributed by atoms with van der Waals surface area (Å²) in [5.74, 6) is 0.791. The first-order chi connectivity index (χ1) is 9.11. The molecule has 1 atom stereocenters. The Balaban J connectivity index is 2.27. The second kappa shape index (κ2) is 6.42. The molecule has 0 unspecified atom stereocenters. The highest BCUT2D eigenvalue weighted by Gasteiger charge is 2.14. The molecule has 2 aromatic rings. The van der Waals surface area contributed by atoms with E-state index in [1.165, 1.54) is 0 Å². The van der Waals surface area contributed by atoms with Gasteiger partial charge in [-0.15, -0.1) is 0 Å². The summed E-state index contributed by atoms with van der Waals surface area (Å²) in [6.45, 7) is 2.56. The minimum Gasteiger partial charge on any atom is -0.494 e. The Kier molecular flexibility index (Phi) is 4.86. The van der Waals surface area contributed by atoms with Crippen molar-refractivity contribution >= 4 is 27.5 Å². The molecule has 0 aromatic heterocycles. The highest BCUT2D eigenvalue weighted by Crippen LogP contribution is 2.31. The highest BCUT2D eigenvalue weighted by atomic mass is 79.9. The SMILES string of the molecule is CCOc1ccc([C@H](O)c2cc(Br)ccc2Cl)cc1. The molecule has 2 nitrogen and oxygen atoms in total. The van der Waals surface area contributed by atoms with Crippen LogP contribution in [0, 0.1) is 0 Å². The van der Waals surface area contributed by atoms with E-state index in [1.54, 1.807) is 6.07 Å². The van der Waals surface area contributed by atoms with Crippen molar-refractivity contribution in [2.24, 2.45) is 0 Å². The smallest absolute Gasteiger partial charge is 0.119 e. The second-order valence-electron chi connectivity index (χ2n) is 4.07. The quantitative estimate of drug-likeness (QED) is 0.882. The predicted octanol–water partition coefficient (Wildman–Crippen LogP) is 4.58. The van der Waals surface area contributed by atoms with Gasteiger partial charge in [0.25, 0.3) is 0 Å². The Morgan fingerprint density at radius 2 is 1.89 bits per heavy atom. The second-order valence-corrected chi connectivity index (χ2v) is 5.39. The molecule has 0 heterocycles. The number of hydrogen-bond donors (Lipinski definition) is 1. The van der Waals surface area contributed by atoms with E-state index in [1.807, 2.05) is 43.3 Å². The molecule has 4 heteroatoms. The first-order valence-electron chi connectivity index (χ1n) is 5.97. The lowest BCUT2D eigenvalue weighted by molar-refractivity contribution is 0.220. The van der Waals surface area contributed by atoms with Crippen LogP contribution in [0.4, 0.5) is 0 Å². The van der Waals surface area contributed by atoms with Crippen LogP contribution < -0.4 is 4.74 Å². The molecular weight excluding hydrogens is 328 g/mol. The van der Waals surface area contributed by atoms with E-state index in [0.717, 1.165) is 15.8 Å². The van der Waals surface area contributed by atoms with E-state index in [2.05, 4.69) is 15.9 Å². The van der Waals surface area contributed by atoms with Crippen molar-refractivity contribution in [3.8, 4) is 5.75 Å². The Morgan fingerprint density at radius 3 is 2.53 bits per heavy atom. The molecule has 0 saturated heterocycles. The van der Waals surface area contributed by atoms with E-state index in [-0.39, 0.29) is 0 Å². The van der Waals surface area contributed by atoms with Gasteiger partial charge >= 0.3 is 0 Å². The van der Waals surface area contributed by atoms with E-state index in [4.69, 9.17) is 16.3 Å². The maximum atomic E-state index is 10.4. The first-order valence-corrected chi connectivity index (χ1v) is 7.14. The van der Waals surface area contributed by atoms with Crippen LogP contribution in [0.1, 0.15) is 24.2 Å². The number of benzene rings is 2. The lowest BCUT2D eigenvalue weighted by Crippen LogP contribution is -2.01. The molecular formula is C15H14BrClO2. The third kappa shape index (κ3) is 3.50. The molecule has 0 saturated carbocycles. The van der Waals surface area contributed by atoms with Gasteiger partial charge in [-0.1, -0.05) is 39.7 Å². The number of aliphatic hydroxyl groups is 1. The van der Waals surface area contributed by atoms with Crippen molar-refractivity contribution in [3.63, 3.8) is 0 Å². The van der Waals surface area contributed by atoms with Crippen LogP contribution in [-0.2, 0) is 0 Å². The zero-order chi connectivity index (χ0) is 13.8. The lowest BCUT2D eigenvalue weighted by Gasteiger charge is -2.14. The number of ether oxygens (including phenoxy) is 1. The largest absolute Gasteiger partial charge is 0.494 e. The minimum atomic E-state index is -0.749. The number of halogens is 2. The third-order valence-corrected chi connectivity index (χ3v) is 3.60. The molecule has 0 radical (unpaired) electrons. The van der Waals surface area contributed by atoms with Crippen LogP contribution in [0.3, 0.4) is 0 Å². The molecule has 2 rings (SSSR count). The predicted molar refractivity (Wildman–Crippen MR) is 80.8 cm³/mol. The molecule has 0 bridgehead atoms. The van der Waals surface area contributed by atoms with Gasteiger partial charge in [-0.3, -0.25) is 0 Å². The summed E-state index contributed by atoms with van der Waals surface area (Å²) < 4.78 is 6.26. The first kappa shape index (κ1) is 14.4. The third-order valence-electron chi connectivity index (χ3n) is 2.76. The maximum Gasteiger partial charge on any atom is 0.119 e. The molecule has 0 aliphatic carbocycles. The Morgan fingerprint density at radius 1 is 1.21 bits per heavy atom. The van der Waals surface area contributed by atoms with Gasteiger partial charge in [-0.2, -0.15) is 0 Å². The van der Waals surface area contributed by atoms with Gasteiger partial charge in [0, 0.05) is 15.1 Å². The van der Waals surface area contributed by atoms with Crippen molar-refractivity contribution in [3.05, 3.63) is 63.1 Å². The molecule has 0 aliphatic rings. The van der Waals surface area contributed by atoms with Gasteiger partial charge in [-0.25, -0.2) is 0 Å². The van der Waals surface area contributed by atoms with Crippen LogP contribution in [-0.4, -0.2) is 11.7 Å². The fourth-order valence-corrected chi connectivity index (χ4v) is 2.42.